The number of para-hydroxylation sites is 1. The van der Waals surface area contributed by atoms with E-state index in [-0.39, 0.29) is 6.04 Å². The SMILES string of the molecule is CCCNC(c1ccco1)c1ccnn1-c1ccccc1. The van der Waals surface area contributed by atoms with Gasteiger partial charge in [0.25, 0.3) is 0 Å². The second-order valence-electron chi connectivity index (χ2n) is 4.91. The summed E-state index contributed by atoms with van der Waals surface area (Å²) in [6.45, 7) is 3.08. The summed E-state index contributed by atoms with van der Waals surface area (Å²) in [4.78, 5) is 0. The van der Waals surface area contributed by atoms with Crippen LogP contribution in [0.25, 0.3) is 5.69 Å². The predicted molar refractivity (Wildman–Crippen MR) is 82.4 cm³/mol. The molecule has 0 aliphatic rings. The van der Waals surface area contributed by atoms with Gasteiger partial charge >= 0.3 is 0 Å². The highest BCUT2D eigenvalue weighted by Gasteiger charge is 2.20. The lowest BCUT2D eigenvalue weighted by atomic mass is 10.1. The van der Waals surface area contributed by atoms with Gasteiger partial charge in [-0.1, -0.05) is 25.1 Å². The van der Waals surface area contributed by atoms with Gasteiger partial charge in [-0.05, 0) is 43.3 Å². The van der Waals surface area contributed by atoms with Crippen LogP contribution in [-0.4, -0.2) is 16.3 Å². The van der Waals surface area contributed by atoms with E-state index in [1.165, 1.54) is 0 Å². The fourth-order valence-corrected chi connectivity index (χ4v) is 2.41. The van der Waals surface area contributed by atoms with Crippen LogP contribution in [0.2, 0.25) is 0 Å². The smallest absolute Gasteiger partial charge is 0.126 e. The Morgan fingerprint density at radius 2 is 2.00 bits per heavy atom. The number of hydrogen-bond acceptors (Lipinski definition) is 3. The Hall–Kier alpha value is -2.33. The van der Waals surface area contributed by atoms with E-state index in [2.05, 4.69) is 29.5 Å². The fourth-order valence-electron chi connectivity index (χ4n) is 2.41. The molecule has 4 nitrogen and oxygen atoms in total. The van der Waals surface area contributed by atoms with Gasteiger partial charge in [-0.15, -0.1) is 0 Å². The van der Waals surface area contributed by atoms with E-state index >= 15 is 0 Å². The van der Waals surface area contributed by atoms with Gasteiger partial charge in [0.2, 0.25) is 0 Å². The third-order valence-corrected chi connectivity index (χ3v) is 3.39. The lowest BCUT2D eigenvalue weighted by Gasteiger charge is -2.18. The topological polar surface area (TPSA) is 43.0 Å². The van der Waals surface area contributed by atoms with Gasteiger partial charge in [-0.2, -0.15) is 5.10 Å². The van der Waals surface area contributed by atoms with Crippen molar-refractivity contribution in [1.82, 2.24) is 15.1 Å². The minimum atomic E-state index is 0.00246. The van der Waals surface area contributed by atoms with Crippen LogP contribution in [0.3, 0.4) is 0 Å². The largest absolute Gasteiger partial charge is 0.467 e. The Kier molecular flexibility index (Phi) is 4.17. The number of benzene rings is 1. The monoisotopic (exact) mass is 281 g/mol. The van der Waals surface area contributed by atoms with E-state index in [4.69, 9.17) is 4.42 Å². The molecule has 3 rings (SSSR count). The van der Waals surface area contributed by atoms with Crippen LogP contribution in [0, 0.1) is 0 Å². The van der Waals surface area contributed by atoms with Crippen molar-refractivity contribution in [2.45, 2.75) is 19.4 Å². The molecule has 0 aliphatic heterocycles. The van der Waals surface area contributed by atoms with Crippen molar-refractivity contribution in [3.05, 3.63) is 72.4 Å². The highest BCUT2D eigenvalue weighted by atomic mass is 16.3. The Balaban J connectivity index is 1.99. The van der Waals surface area contributed by atoms with Crippen LogP contribution >= 0.6 is 0 Å². The van der Waals surface area contributed by atoms with Gasteiger partial charge < -0.3 is 9.73 Å². The molecule has 0 radical (unpaired) electrons. The number of hydrogen-bond donors (Lipinski definition) is 1. The summed E-state index contributed by atoms with van der Waals surface area (Å²) in [6, 6.07) is 16.1. The van der Waals surface area contributed by atoms with Crippen molar-refractivity contribution in [3.63, 3.8) is 0 Å². The van der Waals surface area contributed by atoms with Crippen LogP contribution in [0.15, 0.2) is 65.4 Å². The minimum absolute atomic E-state index is 0.00246. The van der Waals surface area contributed by atoms with Crippen molar-refractivity contribution in [1.29, 1.82) is 0 Å². The normalized spacial score (nSPS) is 12.4. The molecule has 0 saturated heterocycles. The zero-order valence-electron chi connectivity index (χ0n) is 12.1. The maximum absolute atomic E-state index is 5.60. The van der Waals surface area contributed by atoms with Gasteiger partial charge in [0.1, 0.15) is 11.8 Å². The zero-order chi connectivity index (χ0) is 14.5. The average molecular weight is 281 g/mol. The molecule has 0 saturated carbocycles. The van der Waals surface area contributed by atoms with E-state index < -0.39 is 0 Å². The summed E-state index contributed by atoms with van der Waals surface area (Å²) < 4.78 is 7.56. The molecule has 4 heteroatoms. The first-order chi connectivity index (χ1) is 10.4. The third kappa shape index (κ3) is 2.90. The lowest BCUT2D eigenvalue weighted by molar-refractivity contribution is 0.436. The molecule has 0 spiro atoms. The lowest BCUT2D eigenvalue weighted by Crippen LogP contribution is -2.25. The summed E-state index contributed by atoms with van der Waals surface area (Å²) in [5.74, 6) is 0.904. The van der Waals surface area contributed by atoms with Crippen molar-refractivity contribution in [3.8, 4) is 5.69 Å². The van der Waals surface area contributed by atoms with Crippen LogP contribution in [-0.2, 0) is 0 Å². The first-order valence-corrected chi connectivity index (χ1v) is 7.26. The molecule has 0 aliphatic carbocycles. The average Bonchev–Trinajstić information content (AvgIpc) is 3.20. The predicted octanol–water partition coefficient (Wildman–Crippen LogP) is 3.55. The van der Waals surface area contributed by atoms with Crippen molar-refractivity contribution in [2.24, 2.45) is 0 Å². The molecule has 1 atom stereocenters. The van der Waals surface area contributed by atoms with E-state index in [1.54, 1.807) is 6.26 Å². The molecule has 2 heterocycles. The molecule has 1 aromatic carbocycles. The maximum atomic E-state index is 5.60. The Morgan fingerprint density at radius 3 is 2.71 bits per heavy atom. The molecular formula is C17H19N3O. The molecule has 1 unspecified atom stereocenters. The van der Waals surface area contributed by atoms with Crippen LogP contribution < -0.4 is 5.32 Å². The molecule has 3 aromatic rings. The minimum Gasteiger partial charge on any atom is -0.467 e. The summed E-state index contributed by atoms with van der Waals surface area (Å²) >= 11 is 0. The molecule has 108 valence electrons. The summed E-state index contributed by atoms with van der Waals surface area (Å²) in [6.07, 6.45) is 4.60. The number of nitrogens with one attached hydrogen (secondary N) is 1. The molecule has 0 amide bonds. The second-order valence-corrected chi connectivity index (χ2v) is 4.91. The summed E-state index contributed by atoms with van der Waals surface area (Å²) in [5, 5.41) is 7.99. The Bertz CT molecular complexity index is 658. The van der Waals surface area contributed by atoms with Crippen molar-refractivity contribution in [2.75, 3.05) is 6.54 Å². The molecule has 21 heavy (non-hydrogen) atoms. The van der Waals surface area contributed by atoms with E-state index in [1.807, 2.05) is 47.3 Å². The summed E-state index contributed by atoms with van der Waals surface area (Å²) in [7, 11) is 0. The van der Waals surface area contributed by atoms with Crippen molar-refractivity contribution < 1.29 is 4.42 Å². The Labute approximate surface area is 124 Å². The number of nitrogens with zero attached hydrogens (tertiary/aromatic N) is 2. The van der Waals surface area contributed by atoms with Crippen LogP contribution in [0.4, 0.5) is 0 Å². The second kappa shape index (κ2) is 6.41. The van der Waals surface area contributed by atoms with Crippen molar-refractivity contribution >= 4 is 0 Å². The van der Waals surface area contributed by atoms with Gasteiger partial charge in [-0.25, -0.2) is 4.68 Å². The third-order valence-electron chi connectivity index (χ3n) is 3.39. The number of aromatic nitrogens is 2. The first-order valence-electron chi connectivity index (χ1n) is 7.26. The molecule has 0 fully saturated rings. The fraction of sp³-hybridized carbons (Fsp3) is 0.235. The highest BCUT2D eigenvalue weighted by molar-refractivity contribution is 5.34. The quantitative estimate of drug-likeness (QED) is 0.751. The van der Waals surface area contributed by atoms with E-state index in [9.17, 15) is 0 Å². The van der Waals surface area contributed by atoms with E-state index in [0.717, 1.165) is 30.1 Å². The van der Waals surface area contributed by atoms with Gasteiger partial charge in [0.05, 0.1) is 17.6 Å². The Morgan fingerprint density at radius 1 is 1.14 bits per heavy atom. The standard InChI is InChI=1S/C17H19N3O/c1-2-11-18-17(16-9-6-13-21-16)15-10-12-19-20(15)14-7-4-3-5-8-14/h3-10,12-13,17-18H,2,11H2,1H3. The summed E-state index contributed by atoms with van der Waals surface area (Å²) in [5.41, 5.74) is 2.12. The van der Waals surface area contributed by atoms with Gasteiger partial charge in [0.15, 0.2) is 0 Å². The highest BCUT2D eigenvalue weighted by Crippen LogP contribution is 2.24. The maximum Gasteiger partial charge on any atom is 0.126 e. The van der Waals surface area contributed by atoms with Gasteiger partial charge in [-0.3, -0.25) is 0 Å². The van der Waals surface area contributed by atoms with Crippen LogP contribution in [0.1, 0.15) is 30.8 Å². The number of rotatable bonds is 6. The van der Waals surface area contributed by atoms with E-state index in [0.29, 0.717) is 0 Å². The van der Waals surface area contributed by atoms with Gasteiger partial charge in [0, 0.05) is 6.20 Å². The van der Waals surface area contributed by atoms with Crippen LogP contribution in [0.5, 0.6) is 0 Å². The number of furan rings is 1. The molecular weight excluding hydrogens is 262 g/mol. The molecule has 0 bridgehead atoms. The zero-order valence-corrected chi connectivity index (χ0v) is 12.1. The molecule has 2 aromatic heterocycles. The molecule has 1 N–H and O–H groups in total. The first kappa shape index (κ1) is 13.6.